The normalized spacial score (nSPS) is 14.6. The molecular weight excluding hydrogens is 614 g/mol. The average Bonchev–Trinajstić information content (AvgIpc) is 3.12. The molecule has 0 aliphatic carbocycles. The third kappa shape index (κ3) is 5.13. The fourth-order valence-corrected chi connectivity index (χ4v) is 6.69. The Balaban J connectivity index is 1.18. The van der Waals surface area contributed by atoms with Crippen molar-refractivity contribution < 1.29 is 0 Å². The maximum absolute atomic E-state index is 4.98. The van der Waals surface area contributed by atoms with E-state index in [0.717, 1.165) is 38.4 Å². The molecule has 0 saturated heterocycles. The quantitative estimate of drug-likeness (QED) is 0.199. The van der Waals surface area contributed by atoms with Crippen molar-refractivity contribution in [2.75, 3.05) is 0 Å². The molecule has 0 saturated carbocycles. The van der Waals surface area contributed by atoms with Crippen LogP contribution >= 0.6 is 15.9 Å². The largest absolute Gasteiger partial charge is 0.344 e. The molecular formula is C41H28BrN3. The summed E-state index contributed by atoms with van der Waals surface area (Å²) < 4.78 is 1.11. The molecule has 1 unspecified atom stereocenters. The lowest BCUT2D eigenvalue weighted by molar-refractivity contribution is 0.674. The molecule has 1 aliphatic rings. The SMILES string of the molecule is Brc1ccc(-c2ccc(-c3ccc(C4=NC(c5ccccc5)=NC(c5ccccc5)N4)cc3)c3ccccc23)c2ccccc12. The van der Waals surface area contributed by atoms with Crippen molar-refractivity contribution in [1.82, 2.24) is 5.32 Å². The predicted octanol–water partition coefficient (Wildman–Crippen LogP) is 10.6. The number of fused-ring (bicyclic) bond motifs is 2. The Morgan fingerprint density at radius 2 is 0.956 bits per heavy atom. The zero-order chi connectivity index (χ0) is 30.2. The molecule has 7 aromatic rings. The molecule has 1 heterocycles. The van der Waals surface area contributed by atoms with Crippen molar-refractivity contribution in [1.29, 1.82) is 0 Å². The van der Waals surface area contributed by atoms with E-state index >= 15 is 0 Å². The van der Waals surface area contributed by atoms with Crippen LogP contribution in [0.2, 0.25) is 0 Å². The Morgan fingerprint density at radius 3 is 1.64 bits per heavy atom. The van der Waals surface area contributed by atoms with E-state index in [-0.39, 0.29) is 6.17 Å². The fourth-order valence-electron chi connectivity index (χ4n) is 6.21. The molecule has 0 spiro atoms. The summed E-state index contributed by atoms with van der Waals surface area (Å²) in [6, 6.07) is 55.4. The van der Waals surface area contributed by atoms with Gasteiger partial charge in [-0.3, -0.25) is 0 Å². The summed E-state index contributed by atoms with van der Waals surface area (Å²) in [5.74, 6) is 1.54. The molecule has 1 N–H and O–H groups in total. The van der Waals surface area contributed by atoms with E-state index in [1.165, 1.54) is 38.2 Å². The molecule has 45 heavy (non-hydrogen) atoms. The summed E-state index contributed by atoms with van der Waals surface area (Å²) in [6.07, 6.45) is -0.222. The topological polar surface area (TPSA) is 36.8 Å². The number of nitrogens with one attached hydrogen (secondary N) is 1. The second-order valence-corrected chi connectivity index (χ2v) is 12.0. The van der Waals surface area contributed by atoms with Crippen LogP contribution in [0.1, 0.15) is 22.9 Å². The summed E-state index contributed by atoms with van der Waals surface area (Å²) >= 11 is 3.74. The van der Waals surface area contributed by atoms with Gasteiger partial charge in [0.05, 0.1) is 0 Å². The summed E-state index contributed by atoms with van der Waals surface area (Å²) in [4.78, 5) is 9.95. The predicted molar refractivity (Wildman–Crippen MR) is 192 cm³/mol. The lowest BCUT2D eigenvalue weighted by Crippen LogP contribution is -2.33. The van der Waals surface area contributed by atoms with Crippen molar-refractivity contribution >= 4 is 49.1 Å². The number of benzene rings is 7. The molecule has 1 aliphatic heterocycles. The van der Waals surface area contributed by atoms with Crippen LogP contribution in [0.5, 0.6) is 0 Å². The summed E-state index contributed by atoms with van der Waals surface area (Å²) in [7, 11) is 0. The molecule has 8 rings (SSSR count). The van der Waals surface area contributed by atoms with Crippen LogP contribution in [0.15, 0.2) is 172 Å². The third-order valence-electron chi connectivity index (χ3n) is 8.44. The summed E-state index contributed by atoms with van der Waals surface area (Å²) in [6.45, 7) is 0. The highest BCUT2D eigenvalue weighted by atomic mass is 79.9. The van der Waals surface area contributed by atoms with E-state index in [1.807, 2.05) is 36.4 Å². The van der Waals surface area contributed by atoms with Crippen LogP contribution in [0.4, 0.5) is 0 Å². The lowest BCUT2D eigenvalue weighted by Gasteiger charge is -2.23. The highest BCUT2D eigenvalue weighted by Gasteiger charge is 2.21. The van der Waals surface area contributed by atoms with E-state index in [0.29, 0.717) is 0 Å². The standard InChI is InChI=1S/C41H28BrN3/c42-38-26-25-36(34-17-9-10-18-37(34)38)35-24-23-31(32-15-7-8-16-33(32)35)27-19-21-30(22-20-27)41-44-39(28-11-3-1-4-12-28)43-40(45-41)29-13-5-2-6-14-29/h1-26,39H,(H,43,44,45). The van der Waals surface area contributed by atoms with Gasteiger partial charge in [0, 0.05) is 15.6 Å². The fraction of sp³-hybridized carbons (Fsp3) is 0.0244. The van der Waals surface area contributed by atoms with Gasteiger partial charge in [-0.15, -0.1) is 0 Å². The smallest absolute Gasteiger partial charge is 0.159 e. The molecule has 0 fully saturated rings. The Labute approximate surface area is 270 Å². The number of rotatable bonds is 5. The molecule has 0 amide bonds. The van der Waals surface area contributed by atoms with E-state index in [4.69, 9.17) is 9.98 Å². The van der Waals surface area contributed by atoms with Crippen LogP contribution in [0.25, 0.3) is 43.8 Å². The van der Waals surface area contributed by atoms with E-state index in [9.17, 15) is 0 Å². The van der Waals surface area contributed by atoms with Crippen molar-refractivity contribution in [2.24, 2.45) is 9.98 Å². The van der Waals surface area contributed by atoms with Crippen molar-refractivity contribution in [3.63, 3.8) is 0 Å². The van der Waals surface area contributed by atoms with Crippen molar-refractivity contribution in [2.45, 2.75) is 6.17 Å². The van der Waals surface area contributed by atoms with Crippen LogP contribution in [-0.2, 0) is 0 Å². The van der Waals surface area contributed by atoms with E-state index in [1.54, 1.807) is 0 Å². The number of hydrogen-bond donors (Lipinski definition) is 1. The van der Waals surface area contributed by atoms with Crippen LogP contribution in [0.3, 0.4) is 0 Å². The van der Waals surface area contributed by atoms with Crippen LogP contribution < -0.4 is 5.32 Å². The number of hydrogen-bond acceptors (Lipinski definition) is 3. The number of halogens is 1. The van der Waals surface area contributed by atoms with E-state index in [2.05, 4.69) is 143 Å². The first-order valence-corrected chi connectivity index (χ1v) is 15.9. The highest BCUT2D eigenvalue weighted by Crippen LogP contribution is 2.40. The molecule has 214 valence electrons. The molecule has 0 aromatic heterocycles. The highest BCUT2D eigenvalue weighted by molar-refractivity contribution is 9.10. The van der Waals surface area contributed by atoms with Gasteiger partial charge in [-0.25, -0.2) is 9.98 Å². The Morgan fingerprint density at radius 1 is 0.444 bits per heavy atom. The summed E-state index contributed by atoms with van der Waals surface area (Å²) in [5.41, 5.74) is 7.95. The molecule has 0 radical (unpaired) electrons. The van der Waals surface area contributed by atoms with E-state index < -0.39 is 0 Å². The molecule has 0 bridgehead atoms. The number of aliphatic imine (C=N–C) groups is 2. The lowest BCUT2D eigenvalue weighted by atomic mass is 9.90. The monoisotopic (exact) mass is 641 g/mol. The van der Waals surface area contributed by atoms with Gasteiger partial charge >= 0.3 is 0 Å². The second-order valence-electron chi connectivity index (χ2n) is 11.2. The minimum absolute atomic E-state index is 0.222. The second kappa shape index (κ2) is 11.6. The van der Waals surface area contributed by atoms with Gasteiger partial charge in [-0.05, 0) is 55.4 Å². The Kier molecular flexibility index (Phi) is 7.05. The Hall–Kier alpha value is -5.32. The molecule has 7 aromatic carbocycles. The zero-order valence-electron chi connectivity index (χ0n) is 24.4. The van der Waals surface area contributed by atoms with Gasteiger partial charge in [0.15, 0.2) is 5.84 Å². The molecule has 1 atom stereocenters. The first kappa shape index (κ1) is 27.2. The van der Waals surface area contributed by atoms with Gasteiger partial charge in [-0.2, -0.15) is 0 Å². The Bertz CT molecular complexity index is 2240. The van der Waals surface area contributed by atoms with Gasteiger partial charge in [-0.1, -0.05) is 168 Å². The van der Waals surface area contributed by atoms with Gasteiger partial charge in [0.2, 0.25) is 0 Å². The first-order valence-electron chi connectivity index (χ1n) is 15.1. The number of amidine groups is 2. The third-order valence-corrected chi connectivity index (χ3v) is 9.14. The van der Waals surface area contributed by atoms with Gasteiger partial charge in [0.1, 0.15) is 12.0 Å². The minimum Gasteiger partial charge on any atom is -0.344 e. The number of nitrogens with zero attached hydrogens (tertiary/aromatic N) is 2. The van der Waals surface area contributed by atoms with Crippen molar-refractivity contribution in [3.8, 4) is 22.3 Å². The van der Waals surface area contributed by atoms with Crippen molar-refractivity contribution in [3.05, 3.63) is 179 Å². The average molecular weight is 643 g/mol. The molecule has 4 heteroatoms. The van der Waals surface area contributed by atoms with Crippen LogP contribution in [-0.4, -0.2) is 11.7 Å². The van der Waals surface area contributed by atoms with Gasteiger partial charge < -0.3 is 5.32 Å². The summed E-state index contributed by atoms with van der Waals surface area (Å²) in [5, 5.41) is 8.49. The van der Waals surface area contributed by atoms with Crippen LogP contribution in [0, 0.1) is 0 Å². The van der Waals surface area contributed by atoms with Gasteiger partial charge in [0.25, 0.3) is 0 Å². The minimum atomic E-state index is -0.222. The maximum Gasteiger partial charge on any atom is 0.159 e. The maximum atomic E-state index is 4.98. The zero-order valence-corrected chi connectivity index (χ0v) is 25.9. The first-order chi connectivity index (χ1) is 22.2. The molecule has 3 nitrogen and oxygen atoms in total.